The molecule has 0 saturated heterocycles. The third kappa shape index (κ3) is 5.05. The van der Waals surface area contributed by atoms with Crippen LogP contribution in [0.4, 0.5) is 0 Å². The van der Waals surface area contributed by atoms with E-state index in [0.717, 1.165) is 18.6 Å². The molecule has 1 aliphatic rings. The van der Waals surface area contributed by atoms with Crippen LogP contribution in [0.25, 0.3) is 0 Å². The van der Waals surface area contributed by atoms with Crippen molar-refractivity contribution >= 4 is 5.91 Å². The molecule has 1 unspecified atom stereocenters. The number of amides is 1. The van der Waals surface area contributed by atoms with Crippen molar-refractivity contribution in [1.82, 2.24) is 5.32 Å². The molecule has 1 atom stereocenters. The lowest BCUT2D eigenvalue weighted by molar-refractivity contribution is 0.0942. The number of carbonyl (C=O) groups is 1. The van der Waals surface area contributed by atoms with Crippen LogP contribution in [0.3, 0.4) is 0 Å². The van der Waals surface area contributed by atoms with Crippen molar-refractivity contribution in [2.75, 3.05) is 13.2 Å². The summed E-state index contributed by atoms with van der Waals surface area (Å²) in [5, 5.41) is 11.8. The van der Waals surface area contributed by atoms with E-state index in [0.29, 0.717) is 18.2 Å². The molecule has 21 heavy (non-hydrogen) atoms. The van der Waals surface area contributed by atoms with Gasteiger partial charge in [-0.2, -0.15) is 0 Å². The number of hydrogen-bond acceptors (Lipinski definition) is 3. The van der Waals surface area contributed by atoms with Crippen LogP contribution in [0.5, 0.6) is 5.75 Å². The van der Waals surface area contributed by atoms with Gasteiger partial charge in [0.15, 0.2) is 0 Å². The molecule has 0 radical (unpaired) electrons. The van der Waals surface area contributed by atoms with Crippen LogP contribution in [0.15, 0.2) is 24.3 Å². The number of benzene rings is 1. The Morgan fingerprint density at radius 1 is 1.29 bits per heavy atom. The molecule has 4 nitrogen and oxygen atoms in total. The zero-order valence-corrected chi connectivity index (χ0v) is 12.7. The largest absolute Gasteiger partial charge is 0.490 e. The lowest BCUT2D eigenvalue weighted by atomic mass is 9.98. The molecular weight excluding hydrogens is 266 g/mol. The second-order valence-corrected chi connectivity index (χ2v) is 5.90. The van der Waals surface area contributed by atoms with Gasteiger partial charge in [-0.25, -0.2) is 0 Å². The quantitative estimate of drug-likeness (QED) is 0.847. The summed E-state index contributed by atoms with van der Waals surface area (Å²) in [4.78, 5) is 11.9. The van der Waals surface area contributed by atoms with Gasteiger partial charge >= 0.3 is 0 Å². The van der Waals surface area contributed by atoms with Crippen molar-refractivity contribution in [2.24, 2.45) is 5.92 Å². The summed E-state index contributed by atoms with van der Waals surface area (Å²) in [5.74, 6) is 0.796. The molecule has 1 fully saturated rings. The number of carbonyl (C=O) groups excluding carboxylic acids is 1. The fraction of sp³-hybridized carbons (Fsp3) is 0.588. The number of rotatable bonds is 6. The highest BCUT2D eigenvalue weighted by molar-refractivity contribution is 5.94. The van der Waals surface area contributed by atoms with Crippen LogP contribution < -0.4 is 10.1 Å². The Balaban J connectivity index is 1.84. The van der Waals surface area contributed by atoms with Crippen LogP contribution >= 0.6 is 0 Å². The van der Waals surface area contributed by atoms with Crippen LogP contribution in [0, 0.1) is 5.92 Å². The predicted molar refractivity (Wildman–Crippen MR) is 82.5 cm³/mol. The fourth-order valence-electron chi connectivity index (χ4n) is 2.49. The zero-order chi connectivity index (χ0) is 15.1. The van der Waals surface area contributed by atoms with Crippen LogP contribution in [-0.4, -0.2) is 30.3 Å². The Labute approximate surface area is 126 Å². The van der Waals surface area contributed by atoms with E-state index < -0.39 is 0 Å². The topological polar surface area (TPSA) is 58.6 Å². The first-order valence-corrected chi connectivity index (χ1v) is 7.85. The molecule has 0 aromatic heterocycles. The summed E-state index contributed by atoms with van der Waals surface area (Å²) < 4.78 is 5.94. The third-order valence-corrected chi connectivity index (χ3v) is 3.89. The highest BCUT2D eigenvalue weighted by atomic mass is 16.5. The standard InChI is InChI=1S/C17H25NO3/c1-13(12-19)11-18-17(20)14-7-9-16(10-8-14)21-15-5-3-2-4-6-15/h7-10,13,15,19H,2-6,11-12H2,1H3,(H,18,20). The van der Waals surface area contributed by atoms with E-state index >= 15 is 0 Å². The molecule has 2 N–H and O–H groups in total. The van der Waals surface area contributed by atoms with E-state index in [-0.39, 0.29) is 18.4 Å². The first-order valence-electron chi connectivity index (χ1n) is 7.85. The Morgan fingerprint density at radius 2 is 1.95 bits per heavy atom. The molecular formula is C17H25NO3. The Hall–Kier alpha value is -1.55. The van der Waals surface area contributed by atoms with Crippen molar-refractivity contribution < 1.29 is 14.6 Å². The first kappa shape index (κ1) is 15.8. The van der Waals surface area contributed by atoms with Gasteiger partial charge in [0.1, 0.15) is 5.75 Å². The number of aliphatic hydroxyl groups excluding tert-OH is 1. The van der Waals surface area contributed by atoms with E-state index in [9.17, 15) is 4.79 Å². The van der Waals surface area contributed by atoms with Gasteiger partial charge in [0, 0.05) is 18.7 Å². The summed E-state index contributed by atoms with van der Waals surface area (Å²) in [5.41, 5.74) is 0.621. The highest BCUT2D eigenvalue weighted by Crippen LogP contribution is 2.23. The number of ether oxygens (including phenoxy) is 1. The molecule has 1 amide bonds. The van der Waals surface area contributed by atoms with E-state index in [1.807, 2.05) is 19.1 Å². The van der Waals surface area contributed by atoms with Gasteiger partial charge in [-0.05, 0) is 55.9 Å². The van der Waals surface area contributed by atoms with E-state index in [4.69, 9.17) is 9.84 Å². The maximum absolute atomic E-state index is 11.9. The Bertz CT molecular complexity index is 438. The van der Waals surface area contributed by atoms with Gasteiger partial charge in [-0.3, -0.25) is 4.79 Å². The minimum Gasteiger partial charge on any atom is -0.490 e. The maximum Gasteiger partial charge on any atom is 0.251 e. The molecule has 1 aromatic carbocycles. The van der Waals surface area contributed by atoms with Crippen LogP contribution in [0.2, 0.25) is 0 Å². The van der Waals surface area contributed by atoms with E-state index in [2.05, 4.69) is 5.32 Å². The summed E-state index contributed by atoms with van der Waals surface area (Å²) in [6.45, 7) is 2.45. The first-order chi connectivity index (χ1) is 10.2. The fourth-order valence-corrected chi connectivity index (χ4v) is 2.49. The molecule has 116 valence electrons. The Morgan fingerprint density at radius 3 is 2.57 bits per heavy atom. The van der Waals surface area contributed by atoms with Gasteiger partial charge in [-0.1, -0.05) is 13.3 Å². The van der Waals surface area contributed by atoms with Crippen molar-refractivity contribution in [3.8, 4) is 5.75 Å². The monoisotopic (exact) mass is 291 g/mol. The van der Waals surface area contributed by atoms with Crippen molar-refractivity contribution in [3.05, 3.63) is 29.8 Å². The predicted octanol–water partition coefficient (Wildman–Crippen LogP) is 2.76. The summed E-state index contributed by atoms with van der Waals surface area (Å²) >= 11 is 0. The normalized spacial score (nSPS) is 17.2. The van der Waals surface area contributed by atoms with Gasteiger partial charge in [0.2, 0.25) is 0 Å². The maximum atomic E-state index is 11.9. The van der Waals surface area contributed by atoms with Gasteiger partial charge in [0.25, 0.3) is 5.91 Å². The number of hydrogen-bond donors (Lipinski definition) is 2. The Kier molecular flexibility index (Phi) is 6.05. The highest BCUT2D eigenvalue weighted by Gasteiger charge is 2.15. The lowest BCUT2D eigenvalue weighted by Gasteiger charge is -2.23. The minimum atomic E-state index is -0.112. The number of aliphatic hydroxyl groups is 1. The molecule has 0 bridgehead atoms. The summed E-state index contributed by atoms with van der Waals surface area (Å²) in [6.07, 6.45) is 6.37. The molecule has 1 aliphatic carbocycles. The zero-order valence-electron chi connectivity index (χ0n) is 12.7. The van der Waals surface area contributed by atoms with Gasteiger partial charge < -0.3 is 15.2 Å². The molecule has 1 aromatic rings. The minimum absolute atomic E-state index is 0.0721. The second-order valence-electron chi connectivity index (χ2n) is 5.90. The average molecular weight is 291 g/mol. The third-order valence-electron chi connectivity index (χ3n) is 3.89. The molecule has 0 heterocycles. The van der Waals surface area contributed by atoms with Gasteiger partial charge in [0.05, 0.1) is 6.10 Å². The molecule has 4 heteroatoms. The molecule has 0 spiro atoms. The van der Waals surface area contributed by atoms with Crippen molar-refractivity contribution in [2.45, 2.75) is 45.1 Å². The van der Waals surface area contributed by atoms with Crippen molar-refractivity contribution in [3.63, 3.8) is 0 Å². The molecule has 1 saturated carbocycles. The average Bonchev–Trinajstić information content (AvgIpc) is 2.54. The van der Waals surface area contributed by atoms with E-state index in [1.165, 1.54) is 19.3 Å². The van der Waals surface area contributed by atoms with E-state index in [1.54, 1.807) is 12.1 Å². The smallest absolute Gasteiger partial charge is 0.251 e. The molecule has 0 aliphatic heterocycles. The molecule has 2 rings (SSSR count). The summed E-state index contributed by atoms with van der Waals surface area (Å²) in [6, 6.07) is 7.30. The van der Waals surface area contributed by atoms with Crippen LogP contribution in [0.1, 0.15) is 49.4 Å². The van der Waals surface area contributed by atoms with Crippen LogP contribution in [-0.2, 0) is 0 Å². The second kappa shape index (κ2) is 8.03. The SMILES string of the molecule is CC(CO)CNC(=O)c1ccc(OC2CCCCC2)cc1. The lowest BCUT2D eigenvalue weighted by Crippen LogP contribution is -2.29. The number of nitrogens with one attached hydrogen (secondary N) is 1. The van der Waals surface area contributed by atoms with Gasteiger partial charge in [-0.15, -0.1) is 0 Å². The van der Waals surface area contributed by atoms with Crippen molar-refractivity contribution in [1.29, 1.82) is 0 Å². The summed E-state index contributed by atoms with van der Waals surface area (Å²) in [7, 11) is 0.